The van der Waals surface area contributed by atoms with Crippen LogP contribution < -0.4 is 5.43 Å². The lowest BCUT2D eigenvalue weighted by Gasteiger charge is -2.54. The number of aromatic amines is 1. The lowest BCUT2D eigenvalue weighted by molar-refractivity contribution is 0.00143. The van der Waals surface area contributed by atoms with Crippen molar-refractivity contribution in [1.82, 2.24) is 14.8 Å². The Kier molecular flexibility index (Phi) is 4.34. The molecule has 4 heterocycles. The van der Waals surface area contributed by atoms with Gasteiger partial charge in [0.15, 0.2) is 0 Å². The number of benzene rings is 1. The van der Waals surface area contributed by atoms with Gasteiger partial charge < -0.3 is 9.88 Å². The molecule has 4 aliphatic rings. The third kappa shape index (κ3) is 2.78. The Labute approximate surface area is 176 Å². The van der Waals surface area contributed by atoms with Crippen molar-refractivity contribution in [2.75, 3.05) is 19.6 Å². The zero-order valence-corrected chi connectivity index (χ0v) is 17.3. The van der Waals surface area contributed by atoms with E-state index in [-0.39, 0.29) is 22.9 Å². The summed E-state index contributed by atoms with van der Waals surface area (Å²) in [6.07, 6.45) is 11.4. The zero-order valence-electron chi connectivity index (χ0n) is 17.3. The first-order chi connectivity index (χ1) is 14.7. The maximum absolute atomic E-state index is 13.6. The molecule has 2 aromatic rings. The molecule has 156 valence electrons. The van der Waals surface area contributed by atoms with Crippen molar-refractivity contribution in [2.45, 2.75) is 50.6 Å². The number of nitrogens with one attached hydrogen (secondary N) is 1. The number of carbonyl (C=O) groups is 1. The van der Waals surface area contributed by atoms with E-state index in [0.29, 0.717) is 23.3 Å². The maximum Gasteiger partial charge on any atom is 0.259 e. The van der Waals surface area contributed by atoms with Gasteiger partial charge in [0, 0.05) is 36.2 Å². The van der Waals surface area contributed by atoms with Crippen molar-refractivity contribution in [2.24, 2.45) is 11.8 Å². The lowest BCUT2D eigenvalue weighted by atomic mass is 9.68. The summed E-state index contributed by atoms with van der Waals surface area (Å²) in [6.45, 7) is 3.05. The zero-order chi connectivity index (χ0) is 20.2. The van der Waals surface area contributed by atoms with Crippen LogP contribution in [0.4, 0.5) is 0 Å². The minimum atomic E-state index is -0.154. The molecule has 2 unspecified atom stereocenters. The smallest absolute Gasteiger partial charge is 0.259 e. The Morgan fingerprint density at radius 3 is 2.93 bits per heavy atom. The fourth-order valence-corrected chi connectivity index (χ4v) is 6.68. The highest BCUT2D eigenvalue weighted by Gasteiger charge is 2.47. The Morgan fingerprint density at radius 2 is 2.00 bits per heavy atom. The molecule has 0 spiro atoms. The molecule has 5 heteroatoms. The fourth-order valence-electron chi connectivity index (χ4n) is 6.68. The number of para-hydroxylation sites is 1. The quantitative estimate of drug-likeness (QED) is 0.741. The molecule has 1 N–H and O–H groups in total. The van der Waals surface area contributed by atoms with Crippen LogP contribution in [0.5, 0.6) is 0 Å². The lowest BCUT2D eigenvalue weighted by Crippen LogP contribution is -2.60. The van der Waals surface area contributed by atoms with Crippen LogP contribution in [0, 0.1) is 11.8 Å². The number of H-pyrrole nitrogens is 1. The molecule has 1 aromatic carbocycles. The monoisotopic (exact) mass is 403 g/mol. The van der Waals surface area contributed by atoms with Gasteiger partial charge in [-0.3, -0.25) is 14.5 Å². The Morgan fingerprint density at radius 1 is 1.10 bits per heavy atom. The fraction of sp³-hybridized carbons (Fsp3) is 0.520. The molecule has 2 bridgehead atoms. The van der Waals surface area contributed by atoms with E-state index in [0.717, 1.165) is 31.4 Å². The van der Waals surface area contributed by atoms with Crippen LogP contribution in [-0.4, -0.2) is 52.4 Å². The number of pyridine rings is 1. The third-order valence-corrected chi connectivity index (χ3v) is 7.94. The molecule has 1 aliphatic carbocycles. The van der Waals surface area contributed by atoms with Crippen molar-refractivity contribution < 1.29 is 4.79 Å². The van der Waals surface area contributed by atoms with Gasteiger partial charge in [-0.05, 0) is 62.6 Å². The Balaban J connectivity index is 1.36. The summed E-state index contributed by atoms with van der Waals surface area (Å²) >= 11 is 0. The van der Waals surface area contributed by atoms with Gasteiger partial charge in [0.2, 0.25) is 5.43 Å². The second-order valence-corrected chi connectivity index (χ2v) is 9.58. The third-order valence-electron chi connectivity index (χ3n) is 7.94. The van der Waals surface area contributed by atoms with Crippen LogP contribution in [0.3, 0.4) is 0 Å². The summed E-state index contributed by atoms with van der Waals surface area (Å²) < 4.78 is 0. The molecule has 0 radical (unpaired) electrons. The van der Waals surface area contributed by atoms with Crippen LogP contribution in [0.25, 0.3) is 10.9 Å². The van der Waals surface area contributed by atoms with Crippen molar-refractivity contribution >= 4 is 16.8 Å². The molecular weight excluding hydrogens is 374 g/mol. The average Bonchev–Trinajstić information content (AvgIpc) is 2.79. The molecular formula is C25H29N3O2. The van der Waals surface area contributed by atoms with E-state index in [1.54, 1.807) is 12.3 Å². The first-order valence-electron chi connectivity index (χ1n) is 11.6. The van der Waals surface area contributed by atoms with Crippen LogP contribution in [0.1, 0.15) is 48.9 Å². The number of piperidine rings is 3. The SMILES string of the molecule is O=C(c1c[nH]c2ccccc2c1=O)N1CCCC2=CC3CC(CN4CCCC[C@H]34)[C@@H]21. The topological polar surface area (TPSA) is 56.4 Å². The molecule has 6 rings (SSSR count). The summed E-state index contributed by atoms with van der Waals surface area (Å²) in [5.74, 6) is 1.04. The van der Waals surface area contributed by atoms with Gasteiger partial charge in [-0.2, -0.15) is 0 Å². The van der Waals surface area contributed by atoms with E-state index in [4.69, 9.17) is 0 Å². The highest BCUT2D eigenvalue weighted by Crippen LogP contribution is 2.45. The van der Waals surface area contributed by atoms with E-state index < -0.39 is 0 Å². The molecule has 3 fully saturated rings. The van der Waals surface area contributed by atoms with Crippen LogP contribution >= 0.6 is 0 Å². The number of carbonyl (C=O) groups excluding carboxylic acids is 1. The predicted molar refractivity (Wildman–Crippen MR) is 118 cm³/mol. The van der Waals surface area contributed by atoms with E-state index in [2.05, 4.69) is 16.0 Å². The number of likely N-dealkylation sites (tertiary alicyclic amines) is 1. The minimum Gasteiger partial charge on any atom is -0.360 e. The average molecular weight is 404 g/mol. The number of hydrogen-bond acceptors (Lipinski definition) is 3. The Bertz CT molecular complexity index is 1090. The molecule has 4 atom stereocenters. The molecule has 0 saturated carbocycles. The normalized spacial score (nSPS) is 31.1. The molecule has 1 amide bonds. The second kappa shape index (κ2) is 7.09. The maximum atomic E-state index is 13.6. The van der Waals surface area contributed by atoms with E-state index in [1.165, 1.54) is 37.8 Å². The highest BCUT2D eigenvalue weighted by atomic mass is 16.2. The van der Waals surface area contributed by atoms with Gasteiger partial charge >= 0.3 is 0 Å². The van der Waals surface area contributed by atoms with Gasteiger partial charge in [0.05, 0.1) is 6.04 Å². The second-order valence-electron chi connectivity index (χ2n) is 9.58. The van der Waals surface area contributed by atoms with Crippen molar-refractivity contribution in [3.63, 3.8) is 0 Å². The summed E-state index contributed by atoms with van der Waals surface area (Å²) in [5, 5.41) is 0.591. The van der Waals surface area contributed by atoms with E-state index >= 15 is 0 Å². The number of aromatic nitrogens is 1. The van der Waals surface area contributed by atoms with Crippen molar-refractivity contribution in [3.05, 3.63) is 57.9 Å². The van der Waals surface area contributed by atoms with Crippen molar-refractivity contribution in [1.29, 1.82) is 0 Å². The van der Waals surface area contributed by atoms with Gasteiger partial charge in [-0.1, -0.05) is 30.2 Å². The number of amides is 1. The molecule has 30 heavy (non-hydrogen) atoms. The summed E-state index contributed by atoms with van der Waals surface area (Å²) in [4.78, 5) is 34.6. The largest absolute Gasteiger partial charge is 0.360 e. The first-order valence-corrected chi connectivity index (χ1v) is 11.6. The van der Waals surface area contributed by atoms with E-state index in [1.807, 2.05) is 23.1 Å². The van der Waals surface area contributed by atoms with Gasteiger partial charge in [-0.25, -0.2) is 0 Å². The highest BCUT2D eigenvalue weighted by molar-refractivity contribution is 5.97. The number of fused-ring (bicyclic) bond motifs is 7. The molecule has 3 aliphatic heterocycles. The summed E-state index contributed by atoms with van der Waals surface area (Å²) in [7, 11) is 0. The first kappa shape index (κ1) is 18.4. The number of hydrogen-bond donors (Lipinski definition) is 1. The summed E-state index contributed by atoms with van der Waals surface area (Å²) in [6, 6.07) is 8.30. The molecule has 3 saturated heterocycles. The molecule has 1 aromatic heterocycles. The van der Waals surface area contributed by atoms with Gasteiger partial charge in [0.25, 0.3) is 5.91 Å². The van der Waals surface area contributed by atoms with Crippen LogP contribution in [-0.2, 0) is 0 Å². The predicted octanol–water partition coefficient (Wildman–Crippen LogP) is 3.56. The summed E-state index contributed by atoms with van der Waals surface area (Å²) in [5.41, 5.74) is 2.36. The van der Waals surface area contributed by atoms with Crippen LogP contribution in [0.15, 0.2) is 46.9 Å². The molecule has 5 nitrogen and oxygen atoms in total. The van der Waals surface area contributed by atoms with Crippen molar-refractivity contribution in [3.8, 4) is 0 Å². The van der Waals surface area contributed by atoms with Gasteiger partial charge in [0.1, 0.15) is 5.56 Å². The number of nitrogens with zero attached hydrogens (tertiary/aromatic N) is 2. The van der Waals surface area contributed by atoms with Crippen LogP contribution in [0.2, 0.25) is 0 Å². The minimum absolute atomic E-state index is 0.100. The standard InChI is InChI=1S/C25H29N3O2/c29-24-19-7-1-2-8-21(19)26-14-20(24)25(30)28-11-5-6-16-12-17-13-18(23(16)28)15-27-10-4-3-9-22(17)27/h1-2,7-8,12,14,17-18,22-23H,3-6,9-11,13,15H2,(H,26,29)/t17?,18?,22-,23-/m1/s1. The Hall–Kier alpha value is -2.40. The van der Waals surface area contributed by atoms with Gasteiger partial charge in [-0.15, -0.1) is 0 Å². The van der Waals surface area contributed by atoms with E-state index in [9.17, 15) is 9.59 Å². The number of rotatable bonds is 1.